The Morgan fingerprint density at radius 2 is 1.94 bits per heavy atom. The summed E-state index contributed by atoms with van der Waals surface area (Å²) >= 11 is 0. The van der Waals surface area contributed by atoms with Crippen molar-refractivity contribution in [3.8, 4) is 0 Å². The Morgan fingerprint density at radius 3 is 2.72 bits per heavy atom. The molecule has 0 atom stereocenters. The van der Waals surface area contributed by atoms with Crippen molar-refractivity contribution >= 4 is 0 Å². The summed E-state index contributed by atoms with van der Waals surface area (Å²) in [6, 6.07) is 10.7. The van der Waals surface area contributed by atoms with Crippen molar-refractivity contribution < 1.29 is 0 Å². The number of hydrogen-bond donors (Lipinski definition) is 1. The Hall–Kier alpha value is -1.68. The summed E-state index contributed by atoms with van der Waals surface area (Å²) in [6.45, 7) is 2.91. The monoisotopic (exact) mass is 244 g/mol. The molecule has 0 unspecified atom stereocenters. The van der Waals surface area contributed by atoms with E-state index < -0.39 is 0 Å². The number of aromatic nitrogens is 3. The minimum absolute atomic E-state index is 0.888. The Balaban J connectivity index is 1.47. The molecule has 1 aromatic heterocycles. The van der Waals surface area contributed by atoms with Gasteiger partial charge in [0.2, 0.25) is 0 Å². The SMILES string of the molecule is c1ccc(CCCCNCCn2ccnn2)cc1. The largest absolute Gasteiger partial charge is 0.315 e. The normalized spacial score (nSPS) is 10.7. The van der Waals surface area contributed by atoms with Crippen LogP contribution in [0.25, 0.3) is 0 Å². The molecule has 1 N–H and O–H groups in total. The zero-order valence-electron chi connectivity index (χ0n) is 10.6. The zero-order valence-corrected chi connectivity index (χ0v) is 10.6. The van der Waals surface area contributed by atoms with Gasteiger partial charge in [-0.1, -0.05) is 35.5 Å². The standard InChI is InChI=1S/C14H20N4/c1-2-6-14(7-3-1)8-4-5-9-15-10-12-18-13-11-16-17-18/h1-3,6-7,11,13,15H,4-5,8-10,12H2. The average molecular weight is 244 g/mol. The molecule has 0 radical (unpaired) electrons. The molecular weight excluding hydrogens is 224 g/mol. The van der Waals surface area contributed by atoms with E-state index in [1.807, 2.05) is 10.9 Å². The molecule has 0 aliphatic carbocycles. The summed E-state index contributed by atoms with van der Waals surface area (Å²) in [4.78, 5) is 0. The number of benzene rings is 1. The van der Waals surface area contributed by atoms with Crippen LogP contribution in [0.2, 0.25) is 0 Å². The fourth-order valence-corrected chi connectivity index (χ4v) is 1.89. The fraction of sp³-hybridized carbons (Fsp3) is 0.429. The van der Waals surface area contributed by atoms with Gasteiger partial charge in [0.1, 0.15) is 0 Å². The molecule has 0 saturated heterocycles. The second-order valence-corrected chi connectivity index (χ2v) is 4.36. The van der Waals surface area contributed by atoms with Gasteiger partial charge in [-0.05, 0) is 31.4 Å². The fourth-order valence-electron chi connectivity index (χ4n) is 1.89. The van der Waals surface area contributed by atoms with E-state index in [-0.39, 0.29) is 0 Å². The van der Waals surface area contributed by atoms with Crippen LogP contribution in [0.4, 0.5) is 0 Å². The van der Waals surface area contributed by atoms with Crippen molar-refractivity contribution in [2.75, 3.05) is 13.1 Å². The van der Waals surface area contributed by atoms with E-state index in [0.717, 1.165) is 19.6 Å². The van der Waals surface area contributed by atoms with E-state index in [9.17, 15) is 0 Å². The second kappa shape index (κ2) is 7.61. The minimum atomic E-state index is 0.888. The third kappa shape index (κ3) is 4.67. The minimum Gasteiger partial charge on any atom is -0.315 e. The number of nitrogens with zero attached hydrogens (tertiary/aromatic N) is 3. The van der Waals surface area contributed by atoms with Gasteiger partial charge in [0, 0.05) is 12.7 Å². The van der Waals surface area contributed by atoms with Crippen LogP contribution in [0.3, 0.4) is 0 Å². The van der Waals surface area contributed by atoms with E-state index >= 15 is 0 Å². The van der Waals surface area contributed by atoms with Crippen LogP contribution in [0.1, 0.15) is 18.4 Å². The van der Waals surface area contributed by atoms with Crippen LogP contribution in [0, 0.1) is 0 Å². The molecule has 2 rings (SSSR count). The Kier molecular flexibility index (Phi) is 5.40. The van der Waals surface area contributed by atoms with Crippen LogP contribution in [0.15, 0.2) is 42.7 Å². The lowest BCUT2D eigenvalue weighted by Crippen LogP contribution is -2.21. The number of aryl methyl sites for hydroxylation is 1. The number of hydrogen-bond acceptors (Lipinski definition) is 3. The van der Waals surface area contributed by atoms with Gasteiger partial charge in [-0.25, -0.2) is 0 Å². The Morgan fingerprint density at radius 1 is 1.06 bits per heavy atom. The molecule has 1 aromatic carbocycles. The van der Waals surface area contributed by atoms with E-state index in [4.69, 9.17) is 0 Å². The summed E-state index contributed by atoms with van der Waals surface area (Å²) in [5, 5.41) is 11.1. The molecule has 96 valence electrons. The van der Waals surface area contributed by atoms with Gasteiger partial charge in [0.25, 0.3) is 0 Å². The first kappa shape index (κ1) is 12.8. The quantitative estimate of drug-likeness (QED) is 0.721. The van der Waals surface area contributed by atoms with Gasteiger partial charge >= 0.3 is 0 Å². The van der Waals surface area contributed by atoms with Crippen molar-refractivity contribution in [2.45, 2.75) is 25.8 Å². The Bertz CT molecular complexity index is 411. The van der Waals surface area contributed by atoms with Crippen LogP contribution in [-0.4, -0.2) is 28.1 Å². The third-order valence-corrected chi connectivity index (χ3v) is 2.90. The molecule has 4 nitrogen and oxygen atoms in total. The highest BCUT2D eigenvalue weighted by molar-refractivity contribution is 5.14. The van der Waals surface area contributed by atoms with Crippen LogP contribution >= 0.6 is 0 Å². The topological polar surface area (TPSA) is 42.7 Å². The molecule has 1 heterocycles. The van der Waals surface area contributed by atoms with E-state index in [1.165, 1.54) is 24.8 Å². The lowest BCUT2D eigenvalue weighted by molar-refractivity contribution is 0.529. The number of unbranched alkanes of at least 4 members (excludes halogenated alkanes) is 1. The first-order valence-electron chi connectivity index (χ1n) is 6.54. The second-order valence-electron chi connectivity index (χ2n) is 4.36. The highest BCUT2D eigenvalue weighted by atomic mass is 15.4. The lowest BCUT2D eigenvalue weighted by atomic mass is 10.1. The lowest BCUT2D eigenvalue weighted by Gasteiger charge is -2.04. The molecule has 2 aromatic rings. The molecule has 0 aliphatic rings. The molecule has 0 amide bonds. The molecule has 18 heavy (non-hydrogen) atoms. The summed E-state index contributed by atoms with van der Waals surface area (Å²) in [7, 11) is 0. The van der Waals surface area contributed by atoms with Crippen LogP contribution < -0.4 is 5.32 Å². The summed E-state index contributed by atoms with van der Waals surface area (Å²) in [5.41, 5.74) is 1.43. The summed E-state index contributed by atoms with van der Waals surface area (Å²) in [5.74, 6) is 0. The highest BCUT2D eigenvalue weighted by Crippen LogP contribution is 2.03. The number of nitrogens with one attached hydrogen (secondary N) is 1. The maximum atomic E-state index is 3.92. The van der Waals surface area contributed by atoms with E-state index in [1.54, 1.807) is 6.20 Å². The molecule has 0 bridgehead atoms. The van der Waals surface area contributed by atoms with Gasteiger partial charge < -0.3 is 5.32 Å². The van der Waals surface area contributed by atoms with E-state index in [2.05, 4.69) is 46.0 Å². The molecule has 0 saturated carbocycles. The van der Waals surface area contributed by atoms with Crippen molar-refractivity contribution in [3.63, 3.8) is 0 Å². The van der Waals surface area contributed by atoms with Gasteiger partial charge in [-0.15, -0.1) is 5.10 Å². The summed E-state index contributed by atoms with van der Waals surface area (Å²) in [6.07, 6.45) is 7.22. The maximum Gasteiger partial charge on any atom is 0.0692 e. The van der Waals surface area contributed by atoms with Crippen molar-refractivity contribution in [3.05, 3.63) is 48.3 Å². The van der Waals surface area contributed by atoms with Crippen molar-refractivity contribution in [1.82, 2.24) is 20.3 Å². The maximum absolute atomic E-state index is 3.92. The van der Waals surface area contributed by atoms with Gasteiger partial charge in [0.05, 0.1) is 12.7 Å². The smallest absolute Gasteiger partial charge is 0.0692 e. The predicted molar refractivity (Wildman–Crippen MR) is 72.3 cm³/mol. The zero-order chi connectivity index (χ0) is 12.5. The molecule has 4 heteroatoms. The van der Waals surface area contributed by atoms with E-state index in [0.29, 0.717) is 0 Å². The summed E-state index contributed by atoms with van der Waals surface area (Å²) < 4.78 is 1.84. The number of rotatable bonds is 8. The molecule has 0 fully saturated rings. The van der Waals surface area contributed by atoms with Gasteiger partial charge in [-0.3, -0.25) is 4.68 Å². The molecule has 0 aliphatic heterocycles. The highest BCUT2D eigenvalue weighted by Gasteiger charge is 1.93. The third-order valence-electron chi connectivity index (χ3n) is 2.90. The first-order valence-corrected chi connectivity index (χ1v) is 6.54. The van der Waals surface area contributed by atoms with Crippen LogP contribution in [-0.2, 0) is 13.0 Å². The molecule has 0 spiro atoms. The van der Waals surface area contributed by atoms with Gasteiger partial charge in [-0.2, -0.15) is 0 Å². The predicted octanol–water partition coefficient (Wildman–Crippen LogP) is 1.89. The van der Waals surface area contributed by atoms with Crippen molar-refractivity contribution in [1.29, 1.82) is 0 Å². The first-order chi connectivity index (χ1) is 8.95. The average Bonchev–Trinajstić information content (AvgIpc) is 2.92. The van der Waals surface area contributed by atoms with Crippen LogP contribution in [0.5, 0.6) is 0 Å². The Labute approximate surface area is 108 Å². The van der Waals surface area contributed by atoms with Crippen molar-refractivity contribution in [2.24, 2.45) is 0 Å². The molecular formula is C14H20N4. The van der Waals surface area contributed by atoms with Gasteiger partial charge in [0.15, 0.2) is 0 Å².